The zero-order valence-electron chi connectivity index (χ0n) is 11.7. The van der Waals surface area contributed by atoms with E-state index < -0.39 is 0 Å². The number of halogens is 2. The molecular formula is C17H19ClFN. The normalized spacial score (nSPS) is 14.0. The smallest absolute Gasteiger partial charge is 0.126 e. The third-order valence-corrected chi connectivity index (χ3v) is 3.82. The van der Waals surface area contributed by atoms with Crippen molar-refractivity contribution in [1.82, 2.24) is 5.32 Å². The van der Waals surface area contributed by atoms with Gasteiger partial charge < -0.3 is 5.32 Å². The zero-order valence-corrected chi connectivity index (χ0v) is 12.5. The van der Waals surface area contributed by atoms with Gasteiger partial charge in [0, 0.05) is 11.1 Å². The molecule has 0 spiro atoms. The van der Waals surface area contributed by atoms with Gasteiger partial charge in [-0.15, -0.1) is 0 Å². The monoisotopic (exact) mass is 291 g/mol. The Balaban J connectivity index is 2.17. The van der Waals surface area contributed by atoms with E-state index in [0.29, 0.717) is 17.0 Å². The fourth-order valence-corrected chi connectivity index (χ4v) is 2.80. The van der Waals surface area contributed by atoms with E-state index in [2.05, 4.69) is 24.4 Å². The van der Waals surface area contributed by atoms with Crippen LogP contribution in [0.15, 0.2) is 48.5 Å². The maximum atomic E-state index is 13.8. The van der Waals surface area contributed by atoms with Crippen LogP contribution in [0.3, 0.4) is 0 Å². The van der Waals surface area contributed by atoms with Crippen molar-refractivity contribution in [3.05, 3.63) is 70.5 Å². The molecule has 0 amide bonds. The lowest BCUT2D eigenvalue weighted by atomic mass is 9.89. The lowest BCUT2D eigenvalue weighted by Gasteiger charge is -2.24. The van der Waals surface area contributed by atoms with E-state index in [4.69, 9.17) is 11.6 Å². The molecule has 0 saturated carbocycles. The van der Waals surface area contributed by atoms with Gasteiger partial charge in [-0.3, -0.25) is 0 Å². The van der Waals surface area contributed by atoms with Gasteiger partial charge in [-0.05, 0) is 48.7 Å². The second kappa shape index (κ2) is 6.87. The highest BCUT2D eigenvalue weighted by Crippen LogP contribution is 2.26. The molecule has 106 valence electrons. The maximum absolute atomic E-state index is 13.8. The molecule has 2 atom stereocenters. The van der Waals surface area contributed by atoms with Crippen molar-refractivity contribution in [1.29, 1.82) is 0 Å². The van der Waals surface area contributed by atoms with Gasteiger partial charge in [0.25, 0.3) is 0 Å². The SMILES string of the molecule is CNC(c1ccccc1)C(C)Cc1cc(Cl)ccc1F. The fourth-order valence-electron chi connectivity index (χ4n) is 2.60. The highest BCUT2D eigenvalue weighted by molar-refractivity contribution is 6.30. The quantitative estimate of drug-likeness (QED) is 0.848. The van der Waals surface area contributed by atoms with Crippen LogP contribution in [0.25, 0.3) is 0 Å². The Bertz CT molecular complexity index is 556. The minimum Gasteiger partial charge on any atom is -0.313 e. The molecule has 1 nitrogen and oxygen atoms in total. The summed E-state index contributed by atoms with van der Waals surface area (Å²) in [7, 11) is 1.93. The predicted octanol–water partition coefficient (Wildman–Crippen LogP) is 4.62. The van der Waals surface area contributed by atoms with Crippen molar-refractivity contribution in [2.24, 2.45) is 5.92 Å². The summed E-state index contributed by atoms with van der Waals surface area (Å²) in [6.07, 6.45) is 0.646. The molecule has 1 N–H and O–H groups in total. The van der Waals surface area contributed by atoms with Gasteiger partial charge in [0.2, 0.25) is 0 Å². The molecule has 2 aromatic carbocycles. The van der Waals surface area contributed by atoms with Crippen LogP contribution in [0, 0.1) is 11.7 Å². The second-order valence-corrected chi connectivity index (χ2v) is 5.53. The van der Waals surface area contributed by atoms with E-state index in [1.807, 2.05) is 25.2 Å². The average Bonchev–Trinajstić information content (AvgIpc) is 2.45. The summed E-state index contributed by atoms with van der Waals surface area (Å²) in [5.41, 5.74) is 1.88. The van der Waals surface area contributed by atoms with E-state index in [-0.39, 0.29) is 17.8 Å². The minimum absolute atomic E-state index is 0.189. The van der Waals surface area contributed by atoms with Crippen molar-refractivity contribution in [3.8, 4) is 0 Å². The van der Waals surface area contributed by atoms with Crippen molar-refractivity contribution in [3.63, 3.8) is 0 Å². The van der Waals surface area contributed by atoms with Crippen LogP contribution >= 0.6 is 11.6 Å². The minimum atomic E-state index is -0.191. The molecule has 3 heteroatoms. The first-order valence-corrected chi connectivity index (χ1v) is 7.15. The lowest BCUT2D eigenvalue weighted by Crippen LogP contribution is -2.25. The van der Waals surface area contributed by atoms with Gasteiger partial charge in [0.1, 0.15) is 5.82 Å². The first kappa shape index (κ1) is 15.0. The Labute approximate surface area is 124 Å². The third kappa shape index (κ3) is 3.59. The number of rotatable bonds is 5. The van der Waals surface area contributed by atoms with Crippen LogP contribution in [-0.2, 0) is 6.42 Å². The number of hydrogen-bond acceptors (Lipinski definition) is 1. The Morgan fingerprint density at radius 1 is 1.15 bits per heavy atom. The predicted molar refractivity (Wildman–Crippen MR) is 82.5 cm³/mol. The summed E-state index contributed by atoms with van der Waals surface area (Å²) in [4.78, 5) is 0. The molecule has 0 heterocycles. The van der Waals surface area contributed by atoms with Crippen molar-refractivity contribution in [2.75, 3.05) is 7.05 Å². The highest BCUT2D eigenvalue weighted by Gasteiger charge is 2.19. The van der Waals surface area contributed by atoms with Gasteiger partial charge in [0.05, 0.1) is 0 Å². The van der Waals surface area contributed by atoms with E-state index in [0.717, 1.165) is 0 Å². The van der Waals surface area contributed by atoms with Gasteiger partial charge in [-0.2, -0.15) is 0 Å². The first-order valence-electron chi connectivity index (χ1n) is 6.78. The molecule has 2 unspecified atom stereocenters. The Hall–Kier alpha value is -1.38. The van der Waals surface area contributed by atoms with Crippen molar-refractivity contribution >= 4 is 11.6 Å². The second-order valence-electron chi connectivity index (χ2n) is 5.09. The van der Waals surface area contributed by atoms with E-state index in [1.165, 1.54) is 11.6 Å². The topological polar surface area (TPSA) is 12.0 Å². The Morgan fingerprint density at radius 3 is 2.50 bits per heavy atom. The molecule has 0 fully saturated rings. The van der Waals surface area contributed by atoms with Crippen LogP contribution < -0.4 is 5.32 Å². The third-order valence-electron chi connectivity index (χ3n) is 3.59. The molecule has 20 heavy (non-hydrogen) atoms. The first-order chi connectivity index (χ1) is 9.61. The van der Waals surface area contributed by atoms with Gasteiger partial charge in [-0.25, -0.2) is 4.39 Å². The number of hydrogen-bond donors (Lipinski definition) is 1. The number of nitrogens with one attached hydrogen (secondary N) is 1. The van der Waals surface area contributed by atoms with Crippen LogP contribution in [0.2, 0.25) is 5.02 Å². The summed E-state index contributed by atoms with van der Waals surface area (Å²) >= 11 is 5.95. The summed E-state index contributed by atoms with van der Waals surface area (Å²) in [6.45, 7) is 2.12. The van der Waals surface area contributed by atoms with Gasteiger partial charge >= 0.3 is 0 Å². The Kier molecular flexibility index (Phi) is 5.16. The zero-order chi connectivity index (χ0) is 14.5. The Morgan fingerprint density at radius 2 is 1.85 bits per heavy atom. The molecule has 0 radical (unpaired) electrons. The van der Waals surface area contributed by atoms with Gasteiger partial charge in [-0.1, -0.05) is 48.9 Å². The van der Waals surface area contributed by atoms with Crippen LogP contribution in [0.1, 0.15) is 24.1 Å². The molecule has 0 saturated heterocycles. The van der Waals surface area contributed by atoms with Crippen LogP contribution in [0.4, 0.5) is 4.39 Å². The summed E-state index contributed by atoms with van der Waals surface area (Å²) in [6, 6.07) is 15.1. The molecule has 0 bridgehead atoms. The standard InChI is InChI=1S/C17H19ClFN/c1-12(10-14-11-15(18)8-9-16(14)19)17(20-2)13-6-4-3-5-7-13/h3-9,11-12,17,20H,10H2,1-2H3. The molecular weight excluding hydrogens is 273 g/mol. The highest BCUT2D eigenvalue weighted by atomic mass is 35.5. The molecule has 0 aliphatic rings. The van der Waals surface area contributed by atoms with Crippen LogP contribution in [-0.4, -0.2) is 7.05 Å². The molecule has 0 aromatic heterocycles. The average molecular weight is 292 g/mol. The van der Waals surface area contributed by atoms with E-state index in [1.54, 1.807) is 12.1 Å². The lowest BCUT2D eigenvalue weighted by molar-refractivity contribution is 0.403. The van der Waals surface area contributed by atoms with Crippen molar-refractivity contribution < 1.29 is 4.39 Å². The number of benzene rings is 2. The molecule has 0 aliphatic heterocycles. The fraction of sp³-hybridized carbons (Fsp3) is 0.294. The summed E-state index contributed by atoms with van der Waals surface area (Å²) in [5.74, 6) is 0.0690. The maximum Gasteiger partial charge on any atom is 0.126 e. The largest absolute Gasteiger partial charge is 0.313 e. The van der Waals surface area contributed by atoms with Gasteiger partial charge in [0.15, 0.2) is 0 Å². The van der Waals surface area contributed by atoms with E-state index in [9.17, 15) is 4.39 Å². The molecule has 2 aromatic rings. The molecule has 0 aliphatic carbocycles. The molecule has 2 rings (SSSR count). The van der Waals surface area contributed by atoms with Crippen LogP contribution in [0.5, 0.6) is 0 Å². The van der Waals surface area contributed by atoms with Crippen molar-refractivity contribution in [2.45, 2.75) is 19.4 Å². The van der Waals surface area contributed by atoms with E-state index >= 15 is 0 Å². The summed E-state index contributed by atoms with van der Waals surface area (Å²) in [5, 5.41) is 3.90. The summed E-state index contributed by atoms with van der Waals surface area (Å²) < 4.78 is 13.8.